The normalized spacial score (nSPS) is 16.1. The zero-order chi connectivity index (χ0) is 14.2. The molecule has 2 rings (SSSR count). The molecule has 0 bridgehead atoms. The molecule has 1 aromatic rings. The van der Waals surface area contributed by atoms with Crippen LogP contribution in [-0.4, -0.2) is 19.0 Å². The minimum absolute atomic E-state index is 0.0682. The van der Waals surface area contributed by atoms with E-state index in [0.717, 1.165) is 5.57 Å². The first kappa shape index (κ1) is 14.2. The SMILES string of the molecule is C=C(C)[C@H](C)[C@H](O)c1cc2c(c(OC)c1Br)OCO2. The number of halogens is 1. The van der Waals surface area contributed by atoms with Crippen LogP contribution in [0.5, 0.6) is 17.2 Å². The van der Waals surface area contributed by atoms with E-state index in [4.69, 9.17) is 14.2 Å². The molecule has 0 aliphatic carbocycles. The Bertz CT molecular complexity index is 513. The van der Waals surface area contributed by atoms with Crippen molar-refractivity contribution in [2.75, 3.05) is 13.9 Å². The van der Waals surface area contributed by atoms with Gasteiger partial charge in [-0.05, 0) is 28.9 Å². The first-order valence-corrected chi connectivity index (χ1v) is 6.76. The molecular weight excluding hydrogens is 312 g/mol. The highest BCUT2D eigenvalue weighted by molar-refractivity contribution is 9.10. The second-order valence-corrected chi connectivity index (χ2v) is 5.42. The van der Waals surface area contributed by atoms with Crippen molar-refractivity contribution in [2.24, 2.45) is 5.92 Å². The maximum atomic E-state index is 10.4. The predicted octanol–water partition coefficient (Wildman–Crippen LogP) is 3.43. The molecule has 5 heteroatoms. The Morgan fingerprint density at radius 3 is 2.79 bits per heavy atom. The summed E-state index contributed by atoms with van der Waals surface area (Å²) in [6.07, 6.45) is -0.685. The Morgan fingerprint density at radius 1 is 1.53 bits per heavy atom. The van der Waals surface area contributed by atoms with E-state index in [1.165, 1.54) is 0 Å². The van der Waals surface area contributed by atoms with E-state index >= 15 is 0 Å². The summed E-state index contributed by atoms with van der Waals surface area (Å²) < 4.78 is 16.8. The number of aliphatic hydroxyl groups is 1. The molecule has 0 unspecified atom stereocenters. The molecule has 0 spiro atoms. The minimum atomic E-state index is -0.685. The van der Waals surface area contributed by atoms with Gasteiger partial charge in [0.05, 0.1) is 17.7 Å². The average molecular weight is 329 g/mol. The van der Waals surface area contributed by atoms with Crippen molar-refractivity contribution >= 4 is 15.9 Å². The van der Waals surface area contributed by atoms with Gasteiger partial charge in [-0.3, -0.25) is 0 Å². The van der Waals surface area contributed by atoms with Crippen LogP contribution in [-0.2, 0) is 0 Å². The molecule has 1 aliphatic rings. The Labute approximate surface area is 121 Å². The van der Waals surface area contributed by atoms with Crippen molar-refractivity contribution in [3.05, 3.63) is 28.3 Å². The lowest BCUT2D eigenvalue weighted by atomic mass is 9.92. The molecule has 0 saturated heterocycles. The van der Waals surface area contributed by atoms with E-state index in [1.807, 2.05) is 13.8 Å². The molecule has 0 amide bonds. The first-order chi connectivity index (χ1) is 8.97. The van der Waals surface area contributed by atoms with Crippen LogP contribution in [0.1, 0.15) is 25.5 Å². The number of ether oxygens (including phenoxy) is 3. The van der Waals surface area contributed by atoms with E-state index in [0.29, 0.717) is 27.3 Å². The number of benzene rings is 1. The van der Waals surface area contributed by atoms with Gasteiger partial charge in [-0.1, -0.05) is 19.1 Å². The van der Waals surface area contributed by atoms with E-state index in [1.54, 1.807) is 13.2 Å². The summed E-state index contributed by atoms with van der Waals surface area (Å²) >= 11 is 3.46. The van der Waals surface area contributed by atoms with Gasteiger partial charge in [-0.25, -0.2) is 0 Å². The lowest BCUT2D eigenvalue weighted by molar-refractivity contribution is 0.133. The fourth-order valence-corrected chi connectivity index (χ4v) is 2.64. The molecule has 2 atom stereocenters. The van der Waals surface area contributed by atoms with Gasteiger partial charge < -0.3 is 19.3 Å². The molecule has 1 aliphatic heterocycles. The number of aliphatic hydroxyl groups excluding tert-OH is 1. The van der Waals surface area contributed by atoms with Crippen LogP contribution in [0.4, 0.5) is 0 Å². The Morgan fingerprint density at radius 2 is 2.21 bits per heavy atom. The Balaban J connectivity index is 2.50. The third kappa shape index (κ3) is 2.44. The summed E-state index contributed by atoms with van der Waals surface area (Å²) in [5.41, 5.74) is 1.62. The number of hydrogen-bond acceptors (Lipinski definition) is 4. The topological polar surface area (TPSA) is 47.9 Å². The molecule has 1 heterocycles. The van der Waals surface area contributed by atoms with Crippen LogP contribution < -0.4 is 14.2 Å². The molecule has 0 saturated carbocycles. The van der Waals surface area contributed by atoms with E-state index in [9.17, 15) is 5.11 Å². The fraction of sp³-hybridized carbons (Fsp3) is 0.429. The van der Waals surface area contributed by atoms with E-state index in [2.05, 4.69) is 22.5 Å². The van der Waals surface area contributed by atoms with Crippen LogP contribution in [0.3, 0.4) is 0 Å². The largest absolute Gasteiger partial charge is 0.492 e. The number of rotatable bonds is 4. The van der Waals surface area contributed by atoms with Crippen LogP contribution in [0, 0.1) is 5.92 Å². The second-order valence-electron chi connectivity index (χ2n) is 4.63. The van der Waals surface area contributed by atoms with Gasteiger partial charge in [0.15, 0.2) is 11.5 Å². The lowest BCUT2D eigenvalue weighted by Crippen LogP contribution is -2.11. The summed E-state index contributed by atoms with van der Waals surface area (Å²) in [6.45, 7) is 7.87. The highest BCUT2D eigenvalue weighted by atomic mass is 79.9. The summed E-state index contributed by atoms with van der Waals surface area (Å²) in [7, 11) is 1.56. The number of hydrogen-bond donors (Lipinski definition) is 1. The standard InChI is InChI=1S/C14H17BrO4/c1-7(2)8(3)12(16)9-5-10-13(19-6-18-10)14(17-4)11(9)15/h5,8,12,16H,1,6H2,2-4H3/t8-,12-/m0/s1. The third-order valence-corrected chi connectivity index (χ3v) is 4.18. The summed E-state index contributed by atoms with van der Waals surface area (Å²) in [6, 6.07) is 1.78. The molecule has 1 aromatic carbocycles. The van der Waals surface area contributed by atoms with Crippen molar-refractivity contribution in [1.29, 1.82) is 0 Å². The highest BCUT2D eigenvalue weighted by Crippen LogP contribution is 2.49. The van der Waals surface area contributed by atoms with Gasteiger partial charge in [0.25, 0.3) is 0 Å². The zero-order valence-corrected chi connectivity index (χ0v) is 12.8. The van der Waals surface area contributed by atoms with Crippen LogP contribution >= 0.6 is 15.9 Å². The molecule has 0 radical (unpaired) electrons. The van der Waals surface area contributed by atoms with E-state index in [-0.39, 0.29) is 12.7 Å². The highest BCUT2D eigenvalue weighted by Gasteiger charge is 2.28. The van der Waals surface area contributed by atoms with Crippen molar-refractivity contribution in [3.63, 3.8) is 0 Å². The van der Waals surface area contributed by atoms with Crippen LogP contribution in [0.25, 0.3) is 0 Å². The smallest absolute Gasteiger partial charge is 0.231 e. The van der Waals surface area contributed by atoms with Gasteiger partial charge in [-0.2, -0.15) is 0 Å². The second kappa shape index (κ2) is 5.43. The molecule has 0 fully saturated rings. The first-order valence-electron chi connectivity index (χ1n) is 5.96. The van der Waals surface area contributed by atoms with Gasteiger partial charge in [0, 0.05) is 11.5 Å². The quantitative estimate of drug-likeness (QED) is 0.860. The van der Waals surface area contributed by atoms with Crippen molar-refractivity contribution in [3.8, 4) is 17.2 Å². The molecule has 0 aromatic heterocycles. The van der Waals surface area contributed by atoms with Gasteiger partial charge in [0.2, 0.25) is 12.5 Å². The van der Waals surface area contributed by atoms with Crippen molar-refractivity contribution in [1.82, 2.24) is 0 Å². The maximum Gasteiger partial charge on any atom is 0.231 e. The maximum absolute atomic E-state index is 10.4. The summed E-state index contributed by atoms with van der Waals surface area (Å²) in [5, 5.41) is 10.4. The number of fused-ring (bicyclic) bond motifs is 1. The van der Waals surface area contributed by atoms with Crippen molar-refractivity contribution in [2.45, 2.75) is 20.0 Å². The molecule has 104 valence electrons. The van der Waals surface area contributed by atoms with Gasteiger partial charge in [0.1, 0.15) is 0 Å². The van der Waals surface area contributed by atoms with Crippen LogP contribution in [0.2, 0.25) is 0 Å². The van der Waals surface area contributed by atoms with Crippen LogP contribution in [0.15, 0.2) is 22.7 Å². The Hall–Kier alpha value is -1.20. The molecule has 19 heavy (non-hydrogen) atoms. The summed E-state index contributed by atoms with van der Waals surface area (Å²) in [4.78, 5) is 0. The minimum Gasteiger partial charge on any atom is -0.492 e. The third-order valence-electron chi connectivity index (χ3n) is 3.36. The molecule has 1 N–H and O–H groups in total. The predicted molar refractivity (Wildman–Crippen MR) is 75.8 cm³/mol. The zero-order valence-electron chi connectivity index (χ0n) is 11.2. The number of methoxy groups -OCH3 is 1. The fourth-order valence-electron chi connectivity index (χ4n) is 1.94. The van der Waals surface area contributed by atoms with E-state index < -0.39 is 6.10 Å². The molecule has 4 nitrogen and oxygen atoms in total. The monoisotopic (exact) mass is 328 g/mol. The summed E-state index contributed by atoms with van der Waals surface area (Å²) in [5.74, 6) is 1.62. The van der Waals surface area contributed by atoms with Gasteiger partial charge in [-0.15, -0.1) is 0 Å². The molecular formula is C14H17BrO4. The average Bonchev–Trinajstić information content (AvgIpc) is 2.84. The lowest BCUT2D eigenvalue weighted by Gasteiger charge is -2.22. The van der Waals surface area contributed by atoms with Gasteiger partial charge >= 0.3 is 0 Å². The Kier molecular flexibility index (Phi) is 4.06. The van der Waals surface area contributed by atoms with Crippen molar-refractivity contribution < 1.29 is 19.3 Å².